The summed E-state index contributed by atoms with van der Waals surface area (Å²) in [4.78, 5) is 126. The summed E-state index contributed by atoms with van der Waals surface area (Å²) in [5.41, 5.74) is 12.4. The third-order valence-electron chi connectivity index (χ3n) is 11.1. The van der Waals surface area contributed by atoms with Crippen LogP contribution in [0.1, 0.15) is 37.8 Å². The van der Waals surface area contributed by atoms with Gasteiger partial charge in [-0.05, 0) is 23.3 Å². The van der Waals surface area contributed by atoms with Crippen LogP contribution in [0.4, 0.5) is 19.2 Å². The normalized spacial score (nSPS) is 23.0. The van der Waals surface area contributed by atoms with Crippen LogP contribution >= 0.6 is 0 Å². The number of nitrogens with one attached hydrogen (secondary N) is 10. The number of ether oxygens (including phenoxy) is 10. The molecule has 2 saturated heterocycles. The monoisotopic (exact) mass is 1070 g/mol. The SMILES string of the molecule is COC(=O)C1=CC(NC(=N)N)C(NC(C)=O)C(C(OC(=O)NCCC(=O)NCc2cccc(CNC(=O)CCNC(=O)O[C@H](C3COC(=O)O3)[C@@H]3OC(C(=O)OC)=CC(NC(=N)N)C3NC(C)=O)c2)C2COC(=O)O2)O1. The first-order valence-corrected chi connectivity index (χ1v) is 23.0. The van der Waals surface area contributed by atoms with E-state index >= 15 is 0 Å². The zero-order valence-electron chi connectivity index (χ0n) is 41.2. The van der Waals surface area contributed by atoms with Crippen molar-refractivity contribution >= 4 is 72.0 Å². The fourth-order valence-electron chi connectivity index (χ4n) is 7.90. The van der Waals surface area contributed by atoms with Crippen molar-refractivity contribution in [2.45, 2.75) is 101 Å². The van der Waals surface area contributed by atoms with Gasteiger partial charge in [-0.3, -0.25) is 30.0 Å². The van der Waals surface area contributed by atoms with Crippen molar-refractivity contribution in [1.29, 1.82) is 10.8 Å². The van der Waals surface area contributed by atoms with Crippen molar-refractivity contribution in [3.63, 3.8) is 0 Å². The summed E-state index contributed by atoms with van der Waals surface area (Å²) in [5, 5.41) is 36.1. The van der Waals surface area contributed by atoms with E-state index in [0.717, 1.165) is 14.2 Å². The van der Waals surface area contributed by atoms with Gasteiger partial charge < -0.3 is 101 Å². The molecule has 4 aliphatic rings. The van der Waals surface area contributed by atoms with Crippen molar-refractivity contribution < 1.29 is 95.3 Å². The number of hydrogen-bond acceptors (Lipinski definition) is 22. The van der Waals surface area contributed by atoms with Gasteiger partial charge in [0.1, 0.15) is 13.2 Å². The summed E-state index contributed by atoms with van der Waals surface area (Å²) in [5.74, 6) is -6.03. The predicted molar refractivity (Wildman–Crippen MR) is 251 cm³/mol. The molecule has 0 aromatic heterocycles. The Morgan fingerprint density at radius 1 is 0.618 bits per heavy atom. The molecule has 0 aliphatic carbocycles. The second kappa shape index (κ2) is 27.2. The number of carbonyl (C=O) groups excluding carboxylic acids is 10. The average Bonchev–Trinajstić information content (AvgIpc) is 4.01. The zero-order chi connectivity index (χ0) is 55.6. The molecule has 8 unspecified atom stereocenters. The summed E-state index contributed by atoms with van der Waals surface area (Å²) in [6.45, 7) is 1.07. The summed E-state index contributed by atoms with van der Waals surface area (Å²) in [6, 6.07) is 2.26. The van der Waals surface area contributed by atoms with E-state index in [9.17, 15) is 47.9 Å². The molecule has 32 nitrogen and oxygen atoms in total. The van der Waals surface area contributed by atoms with Gasteiger partial charge in [0.2, 0.25) is 35.1 Å². The Morgan fingerprint density at radius 3 is 1.34 bits per heavy atom. The van der Waals surface area contributed by atoms with Gasteiger partial charge in [0.05, 0.1) is 38.4 Å². The third kappa shape index (κ3) is 16.9. The van der Waals surface area contributed by atoms with Gasteiger partial charge in [0, 0.05) is 52.9 Å². The Bertz CT molecular complexity index is 2310. The number of guanidine groups is 2. The molecule has 5 rings (SSSR count). The number of esters is 2. The number of hydrogen-bond donors (Lipinski definition) is 12. The van der Waals surface area contributed by atoms with Gasteiger partial charge in [-0.2, -0.15) is 0 Å². The van der Waals surface area contributed by atoms with E-state index in [1.807, 2.05) is 0 Å². The lowest BCUT2D eigenvalue weighted by Crippen LogP contribution is -2.64. The van der Waals surface area contributed by atoms with Crippen molar-refractivity contribution in [3.05, 3.63) is 59.1 Å². The van der Waals surface area contributed by atoms with Gasteiger partial charge >= 0.3 is 36.4 Å². The second-order valence-corrected chi connectivity index (χ2v) is 16.7. The maximum atomic E-state index is 13.2. The molecule has 0 bridgehead atoms. The molecule has 1 aromatic carbocycles. The van der Waals surface area contributed by atoms with Crippen molar-refractivity contribution in [1.82, 2.24) is 42.5 Å². The Kier molecular flexibility index (Phi) is 20.6. The van der Waals surface area contributed by atoms with Crippen LogP contribution in [-0.4, -0.2) is 173 Å². The molecule has 414 valence electrons. The lowest BCUT2D eigenvalue weighted by Gasteiger charge is -2.41. The average molecular weight is 1080 g/mol. The van der Waals surface area contributed by atoms with Crippen molar-refractivity contribution in [3.8, 4) is 0 Å². The number of carbonyl (C=O) groups is 10. The minimum absolute atomic E-state index is 0.0418. The summed E-state index contributed by atoms with van der Waals surface area (Å²) in [7, 11) is 2.15. The summed E-state index contributed by atoms with van der Waals surface area (Å²) >= 11 is 0. The van der Waals surface area contributed by atoms with Crippen LogP contribution in [-0.2, 0) is 89.2 Å². The molecule has 4 aliphatic heterocycles. The summed E-state index contributed by atoms with van der Waals surface area (Å²) < 4.78 is 52.6. The fraction of sp³-hybridized carbons (Fsp3) is 0.500. The van der Waals surface area contributed by atoms with Crippen LogP contribution in [0.5, 0.6) is 0 Å². The molecule has 14 N–H and O–H groups in total. The van der Waals surface area contributed by atoms with E-state index in [4.69, 9.17) is 69.7 Å². The second-order valence-electron chi connectivity index (χ2n) is 16.7. The van der Waals surface area contributed by atoms with Crippen LogP contribution < -0.4 is 54.0 Å². The lowest BCUT2D eigenvalue weighted by molar-refractivity contribution is -0.148. The standard InChI is InChI=1S/C44H58N12O20/c1-19(57)53-31-23(55-39(45)46)13-25(37(61)67-3)71-35(31)33(27-17-69-43(65)73-27)75-41(63)49-10-8-29(59)51-15-21-6-5-7-22(12-21)16-52-30(60)9-11-50-42(64)76-34(28-18-70-44(66)74-28)36-32(54-20(2)58)24(56-40(47)48)14-26(72-36)38(62)68-4/h5-7,12-14,23-24,27-28,31-36H,8-11,15-18H2,1-4H3,(H,49,63)(H,50,64)(H,51,59)(H,52,60)(H,53,57)(H,54,58)(H4,45,46,55)(H4,47,48,56)/t23?,24?,27?,28?,31?,32?,33-,34?,35-,36?/m1/s1. The highest BCUT2D eigenvalue weighted by atomic mass is 16.8. The molecule has 2 fully saturated rings. The van der Waals surface area contributed by atoms with Gasteiger partial charge in [-0.15, -0.1) is 0 Å². The van der Waals surface area contributed by atoms with E-state index in [1.165, 1.54) is 26.0 Å². The molecule has 0 radical (unpaired) electrons. The summed E-state index contributed by atoms with van der Waals surface area (Å²) in [6.07, 6.45) is -11.2. The number of cyclic esters (lactones) is 4. The van der Waals surface area contributed by atoms with E-state index in [-0.39, 0.29) is 39.0 Å². The molecule has 6 amide bonds. The van der Waals surface area contributed by atoms with Crippen LogP contribution in [0.2, 0.25) is 0 Å². The van der Waals surface area contributed by atoms with E-state index in [2.05, 4.69) is 42.5 Å². The third-order valence-corrected chi connectivity index (χ3v) is 11.1. The molecule has 0 saturated carbocycles. The van der Waals surface area contributed by atoms with Crippen LogP contribution in [0.25, 0.3) is 0 Å². The number of methoxy groups -OCH3 is 2. The molecule has 10 atom stereocenters. The first-order chi connectivity index (χ1) is 36.1. The number of amides is 6. The molecule has 76 heavy (non-hydrogen) atoms. The molecule has 0 spiro atoms. The molecule has 32 heteroatoms. The highest BCUT2D eigenvalue weighted by Gasteiger charge is 2.52. The van der Waals surface area contributed by atoms with Gasteiger partial charge in [-0.25, -0.2) is 28.8 Å². The van der Waals surface area contributed by atoms with E-state index < -0.39 is 158 Å². The number of rotatable bonds is 22. The van der Waals surface area contributed by atoms with Crippen LogP contribution in [0.15, 0.2) is 47.9 Å². The quantitative estimate of drug-likeness (QED) is 0.0233. The first-order valence-electron chi connectivity index (χ1n) is 23.0. The Labute approximate surface area is 431 Å². The smallest absolute Gasteiger partial charge is 0.477 e. The molecule has 1 aromatic rings. The van der Waals surface area contributed by atoms with E-state index in [1.54, 1.807) is 24.3 Å². The number of benzene rings is 1. The highest BCUT2D eigenvalue weighted by molar-refractivity contribution is 5.88. The Hall–Kier alpha value is -9.26. The lowest BCUT2D eigenvalue weighted by atomic mass is 9.91. The maximum absolute atomic E-state index is 13.2. The topological polar surface area (TPSA) is 459 Å². The minimum atomic E-state index is -1.56. The zero-order valence-corrected chi connectivity index (χ0v) is 41.2. The fourth-order valence-corrected chi connectivity index (χ4v) is 7.90. The van der Waals surface area contributed by atoms with Gasteiger partial charge in [0.15, 0.2) is 48.5 Å². The van der Waals surface area contributed by atoms with Crippen molar-refractivity contribution in [2.75, 3.05) is 40.5 Å². The Balaban J connectivity index is 1.10. The molecule has 4 heterocycles. The molecular weight excluding hydrogens is 1020 g/mol. The van der Waals surface area contributed by atoms with Gasteiger partial charge in [-0.1, -0.05) is 24.3 Å². The molecular formula is C44H58N12O20. The maximum Gasteiger partial charge on any atom is 0.508 e. The van der Waals surface area contributed by atoms with Crippen molar-refractivity contribution in [2.24, 2.45) is 11.5 Å². The minimum Gasteiger partial charge on any atom is -0.477 e. The van der Waals surface area contributed by atoms with Crippen LogP contribution in [0, 0.1) is 10.8 Å². The Morgan fingerprint density at radius 2 is 1.01 bits per heavy atom. The number of nitrogens with two attached hydrogens (primary N) is 2. The van der Waals surface area contributed by atoms with Gasteiger partial charge in [0.25, 0.3) is 0 Å². The first kappa shape index (κ1) is 57.6. The predicted octanol–water partition coefficient (Wildman–Crippen LogP) is -3.42. The van der Waals surface area contributed by atoms with Crippen LogP contribution in [0.3, 0.4) is 0 Å². The van der Waals surface area contributed by atoms with E-state index in [0.29, 0.717) is 11.1 Å². The largest absolute Gasteiger partial charge is 0.508 e. The highest BCUT2D eigenvalue weighted by Crippen LogP contribution is 2.30. The number of alkyl carbamates (subject to hydrolysis) is 2.